The zero-order valence-corrected chi connectivity index (χ0v) is 15.4. The van der Waals surface area contributed by atoms with E-state index >= 15 is 0 Å². The molecule has 1 aliphatic heterocycles. The summed E-state index contributed by atoms with van der Waals surface area (Å²) in [6.07, 6.45) is 1.63. The Hall–Kier alpha value is -1.19. The van der Waals surface area contributed by atoms with Crippen LogP contribution in [0.4, 0.5) is 0 Å². The van der Waals surface area contributed by atoms with Gasteiger partial charge >= 0.3 is 5.97 Å². The molecule has 0 aliphatic carbocycles. The molecule has 126 valence electrons. The molecule has 0 spiro atoms. The zero-order valence-electron chi connectivity index (χ0n) is 13.0. The summed E-state index contributed by atoms with van der Waals surface area (Å²) in [5.74, 6) is -0.784. The van der Waals surface area contributed by atoms with Crippen LogP contribution < -0.4 is 0 Å². The maximum absolute atomic E-state index is 12.7. The lowest BCUT2D eigenvalue weighted by atomic mass is 10.1. The monoisotopic (exact) mass is 375 g/mol. The average Bonchev–Trinajstić information content (AvgIpc) is 2.47. The molecule has 1 fully saturated rings. The van der Waals surface area contributed by atoms with Gasteiger partial charge in [-0.15, -0.1) is 18.3 Å². The van der Waals surface area contributed by atoms with Crippen molar-refractivity contribution >= 4 is 57.4 Å². The number of amides is 1. The van der Waals surface area contributed by atoms with Crippen LogP contribution in [-0.2, 0) is 23.9 Å². The van der Waals surface area contributed by atoms with Gasteiger partial charge < -0.3 is 4.74 Å². The Kier molecular flexibility index (Phi) is 6.97. The molecule has 1 amide bonds. The fraction of sp³-hybridized carbons (Fsp3) is 0.429. The van der Waals surface area contributed by atoms with Gasteiger partial charge in [0.25, 0.3) is 5.91 Å². The number of likely N-dealkylation sites (tertiary alicyclic amines) is 1. The minimum Gasteiger partial charge on any atom is -0.464 e. The molecule has 1 heterocycles. The first-order valence-electron chi connectivity index (χ1n) is 6.43. The summed E-state index contributed by atoms with van der Waals surface area (Å²) in [6.45, 7) is 9.85. The van der Waals surface area contributed by atoms with E-state index < -0.39 is 21.3 Å². The molecule has 0 radical (unpaired) electrons. The summed E-state index contributed by atoms with van der Waals surface area (Å²) < 4.78 is 3.29. The Bertz CT molecular complexity index is 559. The van der Waals surface area contributed by atoms with Gasteiger partial charge in [-0.2, -0.15) is 0 Å². The van der Waals surface area contributed by atoms with Crippen molar-refractivity contribution in [1.82, 2.24) is 4.90 Å². The van der Waals surface area contributed by atoms with Crippen LogP contribution in [0.3, 0.4) is 0 Å². The van der Waals surface area contributed by atoms with Gasteiger partial charge in [-0.3, -0.25) is 19.3 Å². The number of nitrogens with zero attached hydrogens (tertiary/aromatic N) is 1. The molecule has 1 rings (SSSR count). The summed E-state index contributed by atoms with van der Waals surface area (Å²) in [7, 11) is 1.19. The highest BCUT2D eigenvalue weighted by Crippen LogP contribution is 2.56. The first-order chi connectivity index (χ1) is 10.7. The largest absolute Gasteiger partial charge is 0.464 e. The van der Waals surface area contributed by atoms with E-state index in [0.717, 1.165) is 23.5 Å². The van der Waals surface area contributed by atoms with Gasteiger partial charge in [-0.1, -0.05) is 36.2 Å². The fourth-order valence-electron chi connectivity index (χ4n) is 1.94. The summed E-state index contributed by atoms with van der Waals surface area (Å²) in [5, 5.41) is -1.19. The SMILES string of the molecule is C=CCSC1N(C(=C)C(=O)OC)C(=O)C1(SC(C)=O)SC(C)=O. The molecule has 1 saturated heterocycles. The van der Waals surface area contributed by atoms with Crippen molar-refractivity contribution in [3.8, 4) is 0 Å². The summed E-state index contributed by atoms with van der Waals surface area (Å²) in [5.41, 5.74) is -0.122. The third-order valence-corrected chi connectivity index (χ3v) is 6.83. The number of thioether (sulfide) groups is 3. The highest BCUT2D eigenvalue weighted by atomic mass is 32.2. The summed E-state index contributed by atoms with van der Waals surface area (Å²) >= 11 is 2.87. The minimum absolute atomic E-state index is 0.122. The van der Waals surface area contributed by atoms with Crippen molar-refractivity contribution in [3.63, 3.8) is 0 Å². The lowest BCUT2D eigenvalue weighted by Gasteiger charge is -2.53. The third kappa shape index (κ3) is 4.02. The summed E-state index contributed by atoms with van der Waals surface area (Å²) in [6, 6.07) is 0. The van der Waals surface area contributed by atoms with Crippen molar-refractivity contribution in [2.45, 2.75) is 23.3 Å². The number of hydrogen-bond donors (Lipinski definition) is 0. The van der Waals surface area contributed by atoms with E-state index in [1.165, 1.54) is 37.6 Å². The molecule has 0 aromatic rings. The second-order valence-corrected chi connectivity index (χ2v) is 8.66. The van der Waals surface area contributed by atoms with E-state index in [1.807, 2.05) is 0 Å². The Balaban J connectivity index is 3.22. The second-order valence-electron chi connectivity index (χ2n) is 4.44. The normalized spacial score (nSPS) is 18.8. The van der Waals surface area contributed by atoms with E-state index in [4.69, 9.17) is 0 Å². The predicted molar refractivity (Wildman–Crippen MR) is 93.7 cm³/mol. The van der Waals surface area contributed by atoms with Crippen molar-refractivity contribution in [2.24, 2.45) is 0 Å². The highest BCUT2D eigenvalue weighted by molar-refractivity contribution is 8.32. The van der Waals surface area contributed by atoms with Crippen molar-refractivity contribution in [1.29, 1.82) is 0 Å². The number of β-lactam (4-membered cyclic amide) rings is 1. The maximum atomic E-state index is 12.7. The van der Waals surface area contributed by atoms with Crippen LogP contribution in [0.15, 0.2) is 24.9 Å². The molecule has 23 heavy (non-hydrogen) atoms. The zero-order chi connectivity index (χ0) is 17.8. The summed E-state index contributed by atoms with van der Waals surface area (Å²) in [4.78, 5) is 48.7. The van der Waals surface area contributed by atoms with Crippen LogP contribution in [0.5, 0.6) is 0 Å². The molecule has 0 aromatic heterocycles. The number of carbonyl (C=O) groups is 4. The van der Waals surface area contributed by atoms with Crippen LogP contribution in [0, 0.1) is 0 Å². The highest BCUT2D eigenvalue weighted by Gasteiger charge is 2.65. The van der Waals surface area contributed by atoms with Crippen molar-refractivity contribution < 1.29 is 23.9 Å². The lowest BCUT2D eigenvalue weighted by molar-refractivity contribution is -0.147. The number of ether oxygens (including phenoxy) is 1. The Morgan fingerprint density at radius 2 is 1.83 bits per heavy atom. The van der Waals surface area contributed by atoms with E-state index in [0.29, 0.717) is 5.75 Å². The topological polar surface area (TPSA) is 80.8 Å². The molecule has 1 aliphatic rings. The second kappa shape index (κ2) is 8.07. The molecule has 0 saturated carbocycles. The molecule has 1 unspecified atom stereocenters. The molecular weight excluding hydrogens is 358 g/mol. The van der Waals surface area contributed by atoms with Crippen LogP contribution >= 0.6 is 35.3 Å². The van der Waals surface area contributed by atoms with Gasteiger partial charge in [0, 0.05) is 19.6 Å². The van der Waals surface area contributed by atoms with Crippen molar-refractivity contribution in [2.75, 3.05) is 12.9 Å². The van der Waals surface area contributed by atoms with Gasteiger partial charge in [0.1, 0.15) is 11.1 Å². The minimum atomic E-state index is -1.30. The van der Waals surface area contributed by atoms with E-state index in [9.17, 15) is 19.2 Å². The third-order valence-electron chi connectivity index (χ3n) is 2.75. The van der Waals surface area contributed by atoms with Gasteiger partial charge in [-0.05, 0) is 0 Å². The van der Waals surface area contributed by atoms with Gasteiger partial charge in [-0.25, -0.2) is 4.79 Å². The number of methoxy groups -OCH3 is 1. The Labute approximate surface area is 147 Å². The van der Waals surface area contributed by atoms with E-state index in [1.54, 1.807) is 6.08 Å². The molecule has 1 atom stereocenters. The first-order valence-corrected chi connectivity index (χ1v) is 9.12. The van der Waals surface area contributed by atoms with Gasteiger partial charge in [0.05, 0.1) is 7.11 Å². The molecule has 0 bridgehead atoms. The molecule has 9 heteroatoms. The number of carbonyl (C=O) groups excluding carboxylic acids is 4. The quantitative estimate of drug-likeness (QED) is 0.220. The number of esters is 1. The fourth-order valence-corrected chi connectivity index (χ4v) is 6.16. The predicted octanol–water partition coefficient (Wildman–Crippen LogP) is 2.02. The maximum Gasteiger partial charge on any atom is 0.354 e. The Morgan fingerprint density at radius 3 is 2.22 bits per heavy atom. The standard InChI is InChI=1S/C14H17NO5S3/c1-6-7-21-13-14(22-9(3)16,23-10(4)17)12(19)15(13)8(2)11(18)20-5/h6,13H,1-2,7H2,3-5H3. The first kappa shape index (κ1) is 19.9. The molecule has 0 aromatic carbocycles. The Morgan fingerprint density at radius 1 is 1.30 bits per heavy atom. The van der Waals surface area contributed by atoms with Gasteiger partial charge in [0.2, 0.25) is 0 Å². The smallest absolute Gasteiger partial charge is 0.354 e. The van der Waals surface area contributed by atoms with Crippen LogP contribution in [0.1, 0.15) is 13.8 Å². The van der Waals surface area contributed by atoms with E-state index in [-0.39, 0.29) is 15.9 Å². The molecular formula is C14H17NO5S3. The number of rotatable bonds is 7. The van der Waals surface area contributed by atoms with Crippen LogP contribution in [-0.4, -0.2) is 49.3 Å². The average molecular weight is 375 g/mol. The number of hydrogen-bond acceptors (Lipinski definition) is 8. The molecule has 6 nitrogen and oxygen atoms in total. The molecule has 0 N–H and O–H groups in total. The van der Waals surface area contributed by atoms with Crippen molar-refractivity contribution in [3.05, 3.63) is 24.9 Å². The van der Waals surface area contributed by atoms with Gasteiger partial charge in [0.15, 0.2) is 14.3 Å². The van der Waals surface area contributed by atoms with Crippen LogP contribution in [0.25, 0.3) is 0 Å². The van der Waals surface area contributed by atoms with Crippen LogP contribution in [0.2, 0.25) is 0 Å². The lowest BCUT2D eigenvalue weighted by Crippen LogP contribution is -2.69. The van der Waals surface area contributed by atoms with E-state index in [2.05, 4.69) is 17.9 Å².